The Balaban J connectivity index is 1.75. The number of carbonyl (C=O) groups is 1. The summed E-state index contributed by atoms with van der Waals surface area (Å²) in [5.74, 6) is 0.0801. The Morgan fingerprint density at radius 1 is 1.35 bits per heavy atom. The Hall–Kier alpha value is -1.40. The summed E-state index contributed by atoms with van der Waals surface area (Å²) in [4.78, 5) is 14.6. The van der Waals surface area contributed by atoms with Gasteiger partial charge in [0.1, 0.15) is 0 Å². The first-order valence-corrected chi connectivity index (χ1v) is 9.04. The highest BCUT2D eigenvalue weighted by molar-refractivity contribution is 7.92. The summed E-state index contributed by atoms with van der Waals surface area (Å²) in [5.41, 5.74) is 0. The zero-order valence-electron chi connectivity index (χ0n) is 11.1. The average molecular weight is 309 g/mol. The second kappa shape index (κ2) is 4.86. The predicted molar refractivity (Wildman–Crippen MR) is 81.0 cm³/mol. The lowest BCUT2D eigenvalue weighted by molar-refractivity contribution is 0.0664. The van der Waals surface area contributed by atoms with E-state index in [9.17, 15) is 13.2 Å². The molecule has 1 saturated heterocycles. The number of nitrogens with zero attached hydrogens (tertiary/aromatic N) is 1. The molecular weight excluding hydrogens is 294 g/mol. The second-order valence-corrected chi connectivity index (χ2v) is 8.59. The van der Waals surface area contributed by atoms with E-state index in [2.05, 4.69) is 0 Å². The smallest absolute Gasteiger partial charge is 0.264 e. The van der Waals surface area contributed by atoms with E-state index in [-0.39, 0.29) is 16.9 Å². The first kappa shape index (κ1) is 13.6. The number of benzene rings is 1. The van der Waals surface area contributed by atoms with Crippen molar-refractivity contribution in [3.05, 3.63) is 35.2 Å². The first-order valence-electron chi connectivity index (χ1n) is 6.50. The van der Waals surface area contributed by atoms with E-state index >= 15 is 0 Å². The van der Waals surface area contributed by atoms with Crippen LogP contribution in [0, 0.1) is 0 Å². The van der Waals surface area contributed by atoms with Crippen LogP contribution in [0.2, 0.25) is 0 Å². The summed E-state index contributed by atoms with van der Waals surface area (Å²) in [5, 5.41) is 0.671. The first-order chi connectivity index (χ1) is 9.51. The summed E-state index contributed by atoms with van der Waals surface area (Å²) < 4.78 is 24.5. The molecule has 0 bridgehead atoms. The lowest BCUT2D eigenvalue weighted by atomic mass is 10.2. The van der Waals surface area contributed by atoms with Crippen LogP contribution in [0.15, 0.2) is 30.3 Å². The molecule has 2 aromatic rings. The Morgan fingerprint density at radius 2 is 2.05 bits per heavy atom. The monoisotopic (exact) mass is 309 g/mol. The molecular formula is C14H15NO3S2. The highest BCUT2D eigenvalue weighted by atomic mass is 32.2. The third kappa shape index (κ3) is 2.23. The van der Waals surface area contributed by atoms with Crippen LogP contribution in [0.4, 0.5) is 0 Å². The molecule has 20 heavy (non-hydrogen) atoms. The molecule has 1 fully saturated rings. The SMILES string of the molecule is CCS(=O)(=O)C1CN(C(=O)c2cc3ccccc3s2)C1. The summed E-state index contributed by atoms with van der Waals surface area (Å²) in [6.45, 7) is 2.29. The number of rotatable bonds is 3. The fourth-order valence-electron chi connectivity index (χ4n) is 2.31. The van der Waals surface area contributed by atoms with Crippen LogP contribution in [0.3, 0.4) is 0 Å². The third-order valence-corrected chi connectivity index (χ3v) is 6.90. The fourth-order valence-corrected chi connectivity index (χ4v) is 4.63. The van der Waals surface area contributed by atoms with Gasteiger partial charge >= 0.3 is 0 Å². The van der Waals surface area contributed by atoms with Gasteiger partial charge in [0.2, 0.25) is 0 Å². The second-order valence-electron chi connectivity index (χ2n) is 4.93. The van der Waals surface area contributed by atoms with Crippen molar-refractivity contribution in [2.45, 2.75) is 12.2 Å². The molecule has 1 aliphatic heterocycles. The van der Waals surface area contributed by atoms with Gasteiger partial charge in [0.05, 0.1) is 10.1 Å². The van der Waals surface area contributed by atoms with Gasteiger partial charge in [0, 0.05) is 23.5 Å². The van der Waals surface area contributed by atoms with Gasteiger partial charge in [-0.25, -0.2) is 8.42 Å². The number of hydrogen-bond donors (Lipinski definition) is 0. The molecule has 6 heteroatoms. The Bertz CT molecular complexity index is 725. The van der Waals surface area contributed by atoms with Crippen molar-refractivity contribution in [3.8, 4) is 0 Å². The van der Waals surface area contributed by atoms with E-state index < -0.39 is 9.84 Å². The minimum absolute atomic E-state index is 0.0613. The number of amides is 1. The van der Waals surface area contributed by atoms with Crippen LogP contribution in [0.5, 0.6) is 0 Å². The van der Waals surface area contributed by atoms with Crippen LogP contribution >= 0.6 is 11.3 Å². The van der Waals surface area contributed by atoms with Gasteiger partial charge in [0.15, 0.2) is 9.84 Å². The molecule has 2 heterocycles. The van der Waals surface area contributed by atoms with Crippen LogP contribution in [-0.4, -0.2) is 43.3 Å². The molecule has 1 amide bonds. The molecule has 0 N–H and O–H groups in total. The fraction of sp³-hybridized carbons (Fsp3) is 0.357. The maximum atomic E-state index is 12.3. The van der Waals surface area contributed by atoms with Crippen LogP contribution in [0.1, 0.15) is 16.6 Å². The maximum Gasteiger partial charge on any atom is 0.264 e. The Morgan fingerprint density at radius 3 is 2.70 bits per heavy atom. The average Bonchev–Trinajstić information content (AvgIpc) is 2.80. The normalized spacial score (nSPS) is 16.4. The minimum atomic E-state index is -3.03. The summed E-state index contributed by atoms with van der Waals surface area (Å²) in [6.07, 6.45) is 0. The quantitative estimate of drug-likeness (QED) is 0.873. The number of likely N-dealkylation sites (tertiary alicyclic amines) is 1. The van der Waals surface area contributed by atoms with E-state index in [0.717, 1.165) is 10.1 Å². The van der Waals surface area contributed by atoms with E-state index in [4.69, 9.17) is 0 Å². The van der Waals surface area contributed by atoms with Gasteiger partial charge < -0.3 is 4.90 Å². The summed E-state index contributed by atoms with van der Waals surface area (Å²) >= 11 is 1.46. The number of fused-ring (bicyclic) bond motifs is 1. The van der Waals surface area contributed by atoms with Gasteiger partial charge in [0.25, 0.3) is 5.91 Å². The van der Waals surface area contributed by atoms with Crippen LogP contribution < -0.4 is 0 Å². The summed E-state index contributed by atoms with van der Waals surface area (Å²) in [6, 6.07) is 9.72. The van der Waals surface area contributed by atoms with Crippen LogP contribution in [-0.2, 0) is 9.84 Å². The molecule has 0 aliphatic carbocycles. The highest BCUT2D eigenvalue weighted by Gasteiger charge is 2.39. The molecule has 4 nitrogen and oxygen atoms in total. The largest absolute Gasteiger partial charge is 0.335 e. The van der Waals surface area contributed by atoms with Gasteiger partial charge in [-0.3, -0.25) is 4.79 Å². The van der Waals surface area contributed by atoms with E-state index in [1.165, 1.54) is 11.3 Å². The molecule has 1 aromatic carbocycles. The van der Waals surface area contributed by atoms with Gasteiger partial charge in [-0.2, -0.15) is 0 Å². The number of thiophene rings is 1. The number of hydrogen-bond acceptors (Lipinski definition) is 4. The van der Waals surface area contributed by atoms with E-state index in [1.54, 1.807) is 11.8 Å². The van der Waals surface area contributed by atoms with Gasteiger partial charge in [-0.1, -0.05) is 25.1 Å². The lowest BCUT2D eigenvalue weighted by Gasteiger charge is -2.38. The van der Waals surface area contributed by atoms with Gasteiger partial charge in [-0.05, 0) is 17.5 Å². The van der Waals surface area contributed by atoms with Crippen molar-refractivity contribution in [1.29, 1.82) is 0 Å². The van der Waals surface area contributed by atoms with E-state index in [1.807, 2.05) is 30.3 Å². The highest BCUT2D eigenvalue weighted by Crippen LogP contribution is 2.28. The van der Waals surface area contributed by atoms with Crippen molar-refractivity contribution >= 4 is 37.2 Å². The number of sulfone groups is 1. The molecule has 0 unspecified atom stereocenters. The van der Waals surface area contributed by atoms with Crippen LogP contribution in [0.25, 0.3) is 10.1 Å². The number of carbonyl (C=O) groups excluding carboxylic acids is 1. The van der Waals surface area contributed by atoms with E-state index in [0.29, 0.717) is 18.0 Å². The summed E-state index contributed by atoms with van der Waals surface area (Å²) in [7, 11) is -3.03. The molecule has 0 saturated carbocycles. The van der Waals surface area contributed by atoms with Crippen molar-refractivity contribution < 1.29 is 13.2 Å². The minimum Gasteiger partial charge on any atom is -0.335 e. The molecule has 1 aliphatic rings. The standard InChI is InChI=1S/C14H15NO3S2/c1-2-20(17,18)11-8-15(9-11)14(16)13-7-10-5-3-4-6-12(10)19-13/h3-7,11H,2,8-9H2,1H3. The van der Waals surface area contributed by atoms with Crippen molar-refractivity contribution in [2.24, 2.45) is 0 Å². The Kier molecular flexibility index (Phi) is 3.30. The predicted octanol–water partition coefficient (Wildman–Crippen LogP) is 2.16. The zero-order chi connectivity index (χ0) is 14.3. The van der Waals surface area contributed by atoms with Crippen molar-refractivity contribution in [3.63, 3.8) is 0 Å². The molecule has 106 valence electrons. The molecule has 0 atom stereocenters. The van der Waals surface area contributed by atoms with Crippen molar-refractivity contribution in [2.75, 3.05) is 18.8 Å². The maximum absolute atomic E-state index is 12.3. The van der Waals surface area contributed by atoms with Crippen molar-refractivity contribution in [1.82, 2.24) is 4.90 Å². The lowest BCUT2D eigenvalue weighted by Crippen LogP contribution is -2.57. The molecule has 0 spiro atoms. The zero-order valence-corrected chi connectivity index (χ0v) is 12.7. The topological polar surface area (TPSA) is 54.5 Å². The Labute approximate surface area is 121 Å². The third-order valence-electron chi connectivity index (χ3n) is 3.68. The molecule has 1 aromatic heterocycles. The molecule has 3 rings (SSSR count). The molecule has 0 radical (unpaired) electrons. The van der Waals surface area contributed by atoms with Gasteiger partial charge in [-0.15, -0.1) is 11.3 Å².